The van der Waals surface area contributed by atoms with Crippen LogP contribution in [0.1, 0.15) is 74.1 Å². The highest BCUT2D eigenvalue weighted by Crippen LogP contribution is 2.46. The lowest BCUT2D eigenvalue weighted by atomic mass is 9.80. The van der Waals surface area contributed by atoms with E-state index < -0.39 is 53.0 Å². The van der Waals surface area contributed by atoms with Gasteiger partial charge in [-0.05, 0) is 69.3 Å². The Morgan fingerprint density at radius 3 is 2.29 bits per heavy atom. The number of sulfone groups is 1. The maximum Gasteiger partial charge on any atom is 0.343 e. The van der Waals surface area contributed by atoms with E-state index in [-0.39, 0.29) is 22.3 Å². The van der Waals surface area contributed by atoms with Gasteiger partial charge in [0.05, 0.1) is 17.3 Å². The first-order valence-corrected chi connectivity index (χ1v) is 19.0. The molecule has 8 nitrogen and oxygen atoms in total. The molecular formula is C31H52O8SSi. The van der Waals surface area contributed by atoms with Gasteiger partial charge >= 0.3 is 5.97 Å². The smallest absolute Gasteiger partial charge is 0.343 e. The Morgan fingerprint density at radius 1 is 1.20 bits per heavy atom. The van der Waals surface area contributed by atoms with Gasteiger partial charge in [0.2, 0.25) is 5.60 Å². The van der Waals surface area contributed by atoms with Crippen LogP contribution >= 0.6 is 0 Å². The van der Waals surface area contributed by atoms with Crippen LogP contribution in [0, 0.1) is 5.92 Å². The Hall–Kier alpha value is -1.56. The fourth-order valence-electron chi connectivity index (χ4n) is 5.01. The molecule has 2 unspecified atom stereocenters. The minimum absolute atomic E-state index is 0.0383. The quantitative estimate of drug-likeness (QED) is 0.117. The second kappa shape index (κ2) is 13.4. The summed E-state index contributed by atoms with van der Waals surface area (Å²) in [6.45, 7) is 22.7. The Morgan fingerprint density at radius 2 is 1.78 bits per heavy atom. The van der Waals surface area contributed by atoms with E-state index in [9.17, 15) is 18.3 Å². The fourth-order valence-corrected chi connectivity index (χ4v) is 7.98. The molecule has 1 heterocycles. The van der Waals surface area contributed by atoms with Crippen molar-refractivity contribution >= 4 is 24.1 Å². The minimum Gasteiger partial charge on any atom is -0.467 e. The lowest BCUT2D eigenvalue weighted by molar-refractivity contribution is -0.205. The number of carbonyl (C=O) groups excluding carboxylic acids is 1. The molecule has 1 fully saturated rings. The summed E-state index contributed by atoms with van der Waals surface area (Å²) in [6, 6.07) is 7.94. The van der Waals surface area contributed by atoms with E-state index in [0.717, 1.165) is 0 Å². The van der Waals surface area contributed by atoms with E-state index in [1.54, 1.807) is 32.0 Å². The second-order valence-electron chi connectivity index (χ2n) is 13.2. The molecule has 0 bridgehead atoms. The third kappa shape index (κ3) is 7.89. The molecule has 1 saturated heterocycles. The molecule has 0 amide bonds. The Labute approximate surface area is 248 Å². The van der Waals surface area contributed by atoms with Crippen molar-refractivity contribution in [2.45, 2.75) is 126 Å². The molecular weight excluding hydrogens is 560 g/mol. The summed E-state index contributed by atoms with van der Waals surface area (Å²) in [4.78, 5) is 13.6. The Balaban J connectivity index is 2.48. The molecule has 41 heavy (non-hydrogen) atoms. The van der Waals surface area contributed by atoms with Crippen LogP contribution in [0.4, 0.5) is 0 Å². The lowest BCUT2D eigenvalue weighted by Gasteiger charge is -2.40. The topological polar surface area (TPSA) is 108 Å². The largest absolute Gasteiger partial charge is 0.467 e. The van der Waals surface area contributed by atoms with Gasteiger partial charge in [-0.2, -0.15) is 0 Å². The van der Waals surface area contributed by atoms with Crippen molar-refractivity contribution in [2.75, 3.05) is 13.7 Å². The maximum atomic E-state index is 14.1. The summed E-state index contributed by atoms with van der Waals surface area (Å²) in [5.74, 6) is -2.38. The molecule has 1 aliphatic rings. The summed E-state index contributed by atoms with van der Waals surface area (Å²) < 4.78 is 52.1. The van der Waals surface area contributed by atoms with Crippen LogP contribution in [0.2, 0.25) is 18.1 Å². The number of allylic oxidation sites excluding steroid dienone is 1. The second-order valence-corrected chi connectivity index (χ2v) is 20.2. The zero-order valence-corrected chi connectivity index (χ0v) is 28.5. The number of carbonyl (C=O) groups is 1. The molecule has 0 saturated carbocycles. The van der Waals surface area contributed by atoms with Gasteiger partial charge in [-0.15, -0.1) is 0 Å². The molecule has 0 aromatic heterocycles. The number of aliphatic hydroxyl groups excluding tert-OH is 1. The molecule has 234 valence electrons. The summed E-state index contributed by atoms with van der Waals surface area (Å²) in [5, 5.41) is 10.7. The first-order valence-electron chi connectivity index (χ1n) is 14.5. The highest BCUT2D eigenvalue weighted by molar-refractivity contribution is 7.92. The Kier molecular flexibility index (Phi) is 11.6. The molecule has 5 atom stereocenters. The zero-order chi connectivity index (χ0) is 31.4. The highest BCUT2D eigenvalue weighted by atomic mass is 32.2. The number of benzene rings is 1. The van der Waals surface area contributed by atoms with Crippen LogP contribution in [-0.4, -0.2) is 70.4 Å². The third-order valence-corrected chi connectivity index (χ3v) is 15.3. The molecule has 1 aliphatic heterocycles. The van der Waals surface area contributed by atoms with Gasteiger partial charge in [-0.25, -0.2) is 13.2 Å². The maximum absolute atomic E-state index is 14.1. The standard InChI is InChI=1S/C31H52O8SSi/c1-12-23(3)27-31(28(33)36-9,39-30(7,8)38-27)26(32)25(40(34,35)24-18-14-13-15-19-24)21-22(2)17-16-20-37-41(10,11)29(4,5)6/h13-15,18-19,23,25-27,32H,2,12,16-17,20-21H2,1,3-11H3/t23-,25?,26?,27+,31-/m0/s1. The molecule has 0 radical (unpaired) electrons. The monoisotopic (exact) mass is 612 g/mol. The molecule has 1 aromatic rings. The van der Waals surface area contributed by atoms with Crippen molar-refractivity contribution in [3.63, 3.8) is 0 Å². The molecule has 0 aliphatic carbocycles. The van der Waals surface area contributed by atoms with Crippen LogP contribution in [0.25, 0.3) is 0 Å². The normalized spacial score (nSPS) is 23.5. The predicted octanol–water partition coefficient (Wildman–Crippen LogP) is 6.05. The number of methoxy groups -OCH3 is 1. The number of hydrogen-bond acceptors (Lipinski definition) is 8. The van der Waals surface area contributed by atoms with Gasteiger partial charge in [0.25, 0.3) is 0 Å². The molecule has 1 N–H and O–H groups in total. The van der Waals surface area contributed by atoms with E-state index >= 15 is 0 Å². The average molecular weight is 613 g/mol. The van der Waals surface area contributed by atoms with E-state index in [0.29, 0.717) is 31.4 Å². The van der Waals surface area contributed by atoms with E-state index in [2.05, 4.69) is 40.4 Å². The van der Waals surface area contributed by atoms with Crippen molar-refractivity contribution in [2.24, 2.45) is 5.92 Å². The zero-order valence-electron chi connectivity index (χ0n) is 26.7. The van der Waals surface area contributed by atoms with E-state index in [1.807, 2.05) is 13.8 Å². The van der Waals surface area contributed by atoms with Gasteiger partial charge in [0.1, 0.15) is 12.2 Å². The van der Waals surface area contributed by atoms with E-state index in [4.69, 9.17) is 18.6 Å². The first kappa shape index (κ1) is 35.6. The summed E-state index contributed by atoms with van der Waals surface area (Å²) in [5.41, 5.74) is -1.43. The molecule has 2 rings (SSSR count). The predicted molar refractivity (Wildman–Crippen MR) is 164 cm³/mol. The van der Waals surface area contributed by atoms with Gasteiger partial charge < -0.3 is 23.7 Å². The van der Waals surface area contributed by atoms with Crippen molar-refractivity contribution in [1.29, 1.82) is 0 Å². The van der Waals surface area contributed by atoms with Crippen LogP contribution in [-0.2, 0) is 33.3 Å². The lowest BCUT2D eigenvalue weighted by Crippen LogP contribution is -2.63. The van der Waals surface area contributed by atoms with Crippen LogP contribution in [0.5, 0.6) is 0 Å². The molecule has 1 aromatic carbocycles. The highest BCUT2D eigenvalue weighted by Gasteiger charge is 2.67. The van der Waals surface area contributed by atoms with Crippen LogP contribution in [0.15, 0.2) is 47.4 Å². The number of ether oxygens (including phenoxy) is 3. The Bertz CT molecular complexity index is 1140. The van der Waals surface area contributed by atoms with Gasteiger partial charge in [0, 0.05) is 6.61 Å². The first-order chi connectivity index (χ1) is 18.8. The van der Waals surface area contributed by atoms with Crippen LogP contribution < -0.4 is 0 Å². The van der Waals surface area contributed by atoms with Crippen molar-refractivity contribution in [1.82, 2.24) is 0 Å². The van der Waals surface area contributed by atoms with Crippen molar-refractivity contribution in [3.8, 4) is 0 Å². The minimum atomic E-state index is -4.16. The van der Waals surface area contributed by atoms with Gasteiger partial charge in [0.15, 0.2) is 23.9 Å². The van der Waals surface area contributed by atoms with E-state index in [1.165, 1.54) is 19.2 Å². The average Bonchev–Trinajstić information content (AvgIpc) is 3.20. The molecule has 0 spiro atoms. The van der Waals surface area contributed by atoms with Gasteiger partial charge in [-0.3, -0.25) is 0 Å². The summed E-state index contributed by atoms with van der Waals surface area (Å²) >= 11 is 0. The van der Waals surface area contributed by atoms with Crippen molar-refractivity contribution in [3.05, 3.63) is 42.5 Å². The number of aliphatic hydroxyl groups is 1. The summed E-state index contributed by atoms with van der Waals surface area (Å²) in [6.07, 6.45) is -1.05. The number of hydrogen-bond donors (Lipinski definition) is 1. The van der Waals surface area contributed by atoms with Crippen LogP contribution in [0.3, 0.4) is 0 Å². The summed E-state index contributed by atoms with van der Waals surface area (Å²) in [7, 11) is -4.89. The third-order valence-electron chi connectivity index (χ3n) is 8.61. The number of esters is 1. The van der Waals surface area contributed by atoms with Gasteiger partial charge in [-0.1, -0.05) is 71.4 Å². The fraction of sp³-hybridized carbons (Fsp3) is 0.710. The molecule has 10 heteroatoms. The van der Waals surface area contributed by atoms with Crippen molar-refractivity contribution < 1.29 is 37.0 Å². The SMILES string of the molecule is C=C(CCCO[Si](C)(C)C(C)(C)C)CC(C(O)[C@]1(C(=O)OC)OC(C)(C)O[C@@H]1[C@@H](C)CC)S(=O)(=O)c1ccccc1. The number of rotatable bonds is 14.